The van der Waals surface area contributed by atoms with Gasteiger partial charge in [-0.25, -0.2) is 15.8 Å². The van der Waals surface area contributed by atoms with Crippen LogP contribution in [0.15, 0.2) is 59.1 Å². The van der Waals surface area contributed by atoms with Crippen LogP contribution in [0.5, 0.6) is 5.88 Å². The third-order valence-corrected chi connectivity index (χ3v) is 7.47. The fourth-order valence-electron chi connectivity index (χ4n) is 4.23. The first-order valence-electron chi connectivity index (χ1n) is 11.9. The molecule has 5 rings (SSSR count). The highest BCUT2D eigenvalue weighted by Crippen LogP contribution is 2.34. The van der Waals surface area contributed by atoms with Crippen molar-refractivity contribution in [3.05, 3.63) is 64.9 Å². The Hall–Kier alpha value is -4.09. The van der Waals surface area contributed by atoms with Gasteiger partial charge in [-0.15, -0.1) is 16.4 Å². The van der Waals surface area contributed by atoms with Crippen molar-refractivity contribution in [3.63, 3.8) is 0 Å². The zero-order valence-electron chi connectivity index (χ0n) is 20.7. The van der Waals surface area contributed by atoms with Gasteiger partial charge in [-0.3, -0.25) is 14.2 Å². The number of ether oxygens (including phenoxy) is 1. The van der Waals surface area contributed by atoms with Crippen LogP contribution < -0.4 is 20.9 Å². The number of aromatic nitrogens is 3. The molecule has 0 saturated heterocycles. The number of nitrogens with one attached hydrogen (secondary N) is 1. The molecular weight excluding hydrogens is 488 g/mol. The van der Waals surface area contributed by atoms with E-state index in [1.54, 1.807) is 49.2 Å². The minimum Gasteiger partial charge on any atom is -0.481 e. The highest BCUT2D eigenvalue weighted by Gasteiger charge is 2.29. The lowest BCUT2D eigenvalue weighted by molar-refractivity contribution is 0.0950. The Morgan fingerprint density at radius 3 is 2.76 bits per heavy atom. The van der Waals surface area contributed by atoms with Gasteiger partial charge in [-0.05, 0) is 43.5 Å². The molecule has 37 heavy (non-hydrogen) atoms. The SMILES string of the molecule is C=NN=C(C1CCC1)N(N)c1cc(C(=O)NCc2ccc(OC)nc2)cn2c(-c3ccc(C)s3)cnc12. The number of thiophene rings is 1. The maximum atomic E-state index is 13.3. The van der Waals surface area contributed by atoms with E-state index in [-0.39, 0.29) is 11.8 Å². The number of methoxy groups -OCH3 is 1. The molecule has 0 radical (unpaired) electrons. The standard InChI is InChI=1S/C26H28N8O2S/c1-16-7-9-22(37-16)21-14-30-25-20(34(27)24(32-28-2)18-5-4-6-18)11-19(15-33(21)25)26(35)31-13-17-8-10-23(36-3)29-12-17/h7-12,14-15,18H,2,4-6,13,27H2,1,3H3,(H,31,35). The second-order valence-corrected chi connectivity index (χ2v) is 10.1. The summed E-state index contributed by atoms with van der Waals surface area (Å²) in [5.74, 6) is 7.69. The van der Waals surface area contributed by atoms with Gasteiger partial charge < -0.3 is 10.1 Å². The summed E-state index contributed by atoms with van der Waals surface area (Å²) in [5.41, 5.74) is 3.35. The van der Waals surface area contributed by atoms with Crippen molar-refractivity contribution >= 4 is 41.1 Å². The van der Waals surface area contributed by atoms with E-state index in [1.807, 2.05) is 10.5 Å². The number of hydrogen-bond donors (Lipinski definition) is 2. The predicted molar refractivity (Wildman–Crippen MR) is 146 cm³/mol. The van der Waals surface area contributed by atoms with E-state index in [4.69, 9.17) is 10.6 Å². The number of amides is 1. The zero-order chi connectivity index (χ0) is 25.9. The van der Waals surface area contributed by atoms with Crippen LogP contribution >= 0.6 is 11.3 Å². The molecule has 190 valence electrons. The molecular formula is C26H28N8O2S. The number of hydrazine groups is 1. The number of carbonyl (C=O) groups is 1. The molecule has 1 saturated carbocycles. The van der Waals surface area contributed by atoms with E-state index in [1.165, 1.54) is 9.89 Å². The van der Waals surface area contributed by atoms with Crippen LogP contribution in [-0.2, 0) is 6.54 Å². The van der Waals surface area contributed by atoms with E-state index < -0.39 is 0 Å². The van der Waals surface area contributed by atoms with Gasteiger partial charge in [0.2, 0.25) is 5.88 Å². The van der Waals surface area contributed by atoms with E-state index in [0.717, 1.165) is 35.4 Å². The lowest BCUT2D eigenvalue weighted by Crippen LogP contribution is -2.44. The van der Waals surface area contributed by atoms with Crippen molar-refractivity contribution in [1.82, 2.24) is 19.7 Å². The number of anilines is 1. The lowest BCUT2D eigenvalue weighted by atomic mass is 9.84. The quantitative estimate of drug-likeness (QED) is 0.157. The molecule has 10 nitrogen and oxygen atoms in total. The van der Waals surface area contributed by atoms with Crippen molar-refractivity contribution in [2.75, 3.05) is 12.1 Å². The molecule has 0 aliphatic heterocycles. The van der Waals surface area contributed by atoms with Crippen LogP contribution in [0.2, 0.25) is 0 Å². The molecule has 4 heterocycles. The number of nitrogens with zero attached hydrogens (tertiary/aromatic N) is 6. The van der Waals surface area contributed by atoms with Gasteiger partial charge in [-0.2, -0.15) is 5.10 Å². The first-order chi connectivity index (χ1) is 18.0. The molecule has 0 unspecified atom stereocenters. The molecule has 0 spiro atoms. The summed E-state index contributed by atoms with van der Waals surface area (Å²) in [7, 11) is 1.56. The number of carbonyl (C=O) groups excluding carboxylic acids is 1. The Balaban J connectivity index is 1.53. The molecule has 0 bridgehead atoms. The smallest absolute Gasteiger partial charge is 0.253 e. The summed E-state index contributed by atoms with van der Waals surface area (Å²) in [6.07, 6.45) is 8.32. The largest absolute Gasteiger partial charge is 0.481 e. The predicted octanol–water partition coefficient (Wildman–Crippen LogP) is 4.20. The summed E-state index contributed by atoms with van der Waals surface area (Å²) in [4.78, 5) is 24.4. The third kappa shape index (κ3) is 4.95. The van der Waals surface area contributed by atoms with Crippen LogP contribution in [0.25, 0.3) is 16.2 Å². The first kappa shape index (κ1) is 24.6. The van der Waals surface area contributed by atoms with Gasteiger partial charge >= 0.3 is 0 Å². The molecule has 1 aliphatic rings. The van der Waals surface area contributed by atoms with Crippen LogP contribution in [0.4, 0.5) is 5.69 Å². The summed E-state index contributed by atoms with van der Waals surface area (Å²) in [5, 5.41) is 12.5. The summed E-state index contributed by atoms with van der Waals surface area (Å²) in [6.45, 7) is 5.89. The number of pyridine rings is 2. The maximum Gasteiger partial charge on any atom is 0.253 e. The van der Waals surface area contributed by atoms with Gasteiger partial charge in [0.15, 0.2) is 5.65 Å². The number of rotatable bonds is 8. The Labute approximate surface area is 218 Å². The monoisotopic (exact) mass is 516 g/mol. The highest BCUT2D eigenvalue weighted by molar-refractivity contribution is 7.15. The molecule has 4 aromatic rings. The number of hydrogen-bond acceptors (Lipinski definition) is 8. The Kier molecular flexibility index (Phi) is 6.97. The van der Waals surface area contributed by atoms with E-state index >= 15 is 0 Å². The minimum absolute atomic E-state index is 0.185. The fraction of sp³-hybridized carbons (Fsp3) is 0.269. The lowest BCUT2D eigenvalue weighted by Gasteiger charge is -2.32. The summed E-state index contributed by atoms with van der Waals surface area (Å²) in [6, 6.07) is 9.47. The molecule has 11 heteroatoms. The van der Waals surface area contributed by atoms with E-state index in [0.29, 0.717) is 35.2 Å². The van der Waals surface area contributed by atoms with Gasteiger partial charge in [-0.1, -0.05) is 12.5 Å². The molecule has 1 aliphatic carbocycles. The average Bonchev–Trinajstić information content (AvgIpc) is 3.51. The van der Waals surface area contributed by atoms with Crippen LogP contribution in [0.1, 0.15) is 40.1 Å². The van der Waals surface area contributed by atoms with Gasteiger partial charge in [0, 0.05) is 42.5 Å². The van der Waals surface area contributed by atoms with Crippen molar-refractivity contribution in [3.8, 4) is 16.5 Å². The van der Waals surface area contributed by atoms with E-state index in [2.05, 4.69) is 51.3 Å². The van der Waals surface area contributed by atoms with Gasteiger partial charge in [0.25, 0.3) is 5.91 Å². The van der Waals surface area contributed by atoms with Crippen molar-refractivity contribution in [2.45, 2.75) is 32.7 Å². The number of imidazole rings is 1. The number of aryl methyl sites for hydroxylation is 1. The van der Waals surface area contributed by atoms with Crippen molar-refractivity contribution in [1.29, 1.82) is 0 Å². The third-order valence-electron chi connectivity index (χ3n) is 6.45. The first-order valence-corrected chi connectivity index (χ1v) is 12.7. The molecule has 3 N–H and O–H groups in total. The van der Waals surface area contributed by atoms with Crippen LogP contribution in [-0.4, -0.2) is 39.9 Å². The Morgan fingerprint density at radius 1 is 1.30 bits per heavy atom. The van der Waals surface area contributed by atoms with Crippen molar-refractivity contribution < 1.29 is 9.53 Å². The normalized spacial score (nSPS) is 13.9. The second kappa shape index (κ2) is 10.5. The van der Waals surface area contributed by atoms with Crippen LogP contribution in [0.3, 0.4) is 0 Å². The van der Waals surface area contributed by atoms with Gasteiger partial charge in [0.1, 0.15) is 11.5 Å². The summed E-state index contributed by atoms with van der Waals surface area (Å²) >= 11 is 1.66. The Bertz CT molecular complexity index is 1470. The van der Waals surface area contributed by atoms with Crippen molar-refractivity contribution in [2.24, 2.45) is 22.0 Å². The van der Waals surface area contributed by atoms with E-state index in [9.17, 15) is 4.79 Å². The molecule has 1 fully saturated rings. The number of nitrogens with two attached hydrogens (primary N) is 1. The average molecular weight is 517 g/mol. The zero-order valence-corrected chi connectivity index (χ0v) is 21.5. The molecule has 4 aromatic heterocycles. The topological polar surface area (TPSA) is 123 Å². The maximum absolute atomic E-state index is 13.3. The second-order valence-electron chi connectivity index (χ2n) is 8.85. The number of fused-ring (bicyclic) bond motifs is 1. The Morgan fingerprint density at radius 2 is 2.14 bits per heavy atom. The number of amidine groups is 1. The molecule has 0 atom stereocenters. The van der Waals surface area contributed by atoms with Crippen LogP contribution in [0, 0.1) is 12.8 Å². The fourth-order valence-corrected chi connectivity index (χ4v) is 5.11. The highest BCUT2D eigenvalue weighted by atomic mass is 32.1. The molecule has 0 aromatic carbocycles. The van der Waals surface area contributed by atoms with Gasteiger partial charge in [0.05, 0.1) is 29.4 Å². The summed E-state index contributed by atoms with van der Waals surface area (Å²) < 4.78 is 7.01. The molecule has 1 amide bonds. The minimum atomic E-state index is -0.252.